The highest BCUT2D eigenvalue weighted by molar-refractivity contribution is 6.00. The number of benzene rings is 3. The minimum absolute atomic E-state index is 0.0784. The van der Waals surface area contributed by atoms with Crippen molar-refractivity contribution >= 4 is 29.0 Å². The lowest BCUT2D eigenvalue weighted by atomic mass is 10.2. The number of amides is 3. The summed E-state index contributed by atoms with van der Waals surface area (Å²) in [6.45, 7) is 2.49. The molecule has 30 heavy (non-hydrogen) atoms. The Morgan fingerprint density at radius 2 is 1.40 bits per heavy atom. The normalized spacial score (nSPS) is 10.2. The van der Waals surface area contributed by atoms with E-state index >= 15 is 0 Å². The topological polar surface area (TPSA) is 79.5 Å². The van der Waals surface area contributed by atoms with E-state index in [9.17, 15) is 9.59 Å². The molecule has 0 aliphatic heterocycles. The zero-order valence-electron chi connectivity index (χ0n) is 16.9. The van der Waals surface area contributed by atoms with Crippen LogP contribution in [-0.4, -0.2) is 18.5 Å². The maximum atomic E-state index is 12.1. The van der Waals surface area contributed by atoms with Crippen molar-refractivity contribution in [3.8, 4) is 5.75 Å². The van der Waals surface area contributed by atoms with Crippen molar-refractivity contribution in [1.29, 1.82) is 0 Å². The summed E-state index contributed by atoms with van der Waals surface area (Å²) in [5.74, 6) is 0.736. The number of rotatable bonds is 8. The molecule has 0 aliphatic carbocycles. The van der Waals surface area contributed by atoms with Crippen LogP contribution in [0.1, 0.15) is 18.4 Å². The molecule has 0 heterocycles. The molecule has 0 atom stereocenters. The van der Waals surface area contributed by atoms with Crippen molar-refractivity contribution in [3.05, 3.63) is 84.4 Å². The molecule has 0 fully saturated rings. The van der Waals surface area contributed by atoms with E-state index in [1.807, 2.05) is 61.5 Å². The molecule has 6 nitrogen and oxygen atoms in total. The quantitative estimate of drug-likeness (QED) is 0.438. The van der Waals surface area contributed by atoms with E-state index in [0.717, 1.165) is 11.3 Å². The Balaban J connectivity index is 1.38. The number of anilines is 3. The number of carbonyl (C=O) groups excluding carboxylic acids is 2. The summed E-state index contributed by atoms with van der Waals surface area (Å²) < 4.78 is 5.66. The summed E-state index contributed by atoms with van der Waals surface area (Å²) in [4.78, 5) is 24.1. The van der Waals surface area contributed by atoms with Gasteiger partial charge in [-0.15, -0.1) is 0 Å². The maximum Gasteiger partial charge on any atom is 0.323 e. The van der Waals surface area contributed by atoms with Crippen molar-refractivity contribution in [3.63, 3.8) is 0 Å². The number of para-hydroxylation sites is 1. The maximum absolute atomic E-state index is 12.1. The lowest BCUT2D eigenvalue weighted by Crippen LogP contribution is -2.19. The average Bonchev–Trinajstić information content (AvgIpc) is 2.73. The monoisotopic (exact) mass is 403 g/mol. The SMILES string of the molecule is Cc1cccc(OCCCC(=O)Nc2ccc(NC(=O)Nc3ccccc3)cc2)c1. The Morgan fingerprint density at radius 1 is 0.767 bits per heavy atom. The van der Waals surface area contributed by atoms with Gasteiger partial charge < -0.3 is 20.7 Å². The van der Waals surface area contributed by atoms with E-state index in [4.69, 9.17) is 4.74 Å². The molecule has 0 radical (unpaired) electrons. The fourth-order valence-electron chi connectivity index (χ4n) is 2.80. The van der Waals surface area contributed by atoms with Gasteiger partial charge in [0.05, 0.1) is 6.61 Å². The second kappa shape index (κ2) is 10.7. The molecule has 0 saturated carbocycles. The van der Waals surface area contributed by atoms with Crippen LogP contribution in [0.5, 0.6) is 5.75 Å². The third-order valence-corrected chi connectivity index (χ3v) is 4.26. The number of carbonyl (C=O) groups is 2. The number of hydrogen-bond donors (Lipinski definition) is 3. The van der Waals surface area contributed by atoms with Crippen molar-refractivity contribution in [2.45, 2.75) is 19.8 Å². The molecular formula is C24H25N3O3. The largest absolute Gasteiger partial charge is 0.494 e. The van der Waals surface area contributed by atoms with Gasteiger partial charge in [-0.05, 0) is 67.4 Å². The van der Waals surface area contributed by atoms with Crippen LogP contribution in [0.3, 0.4) is 0 Å². The van der Waals surface area contributed by atoms with Gasteiger partial charge in [0.1, 0.15) is 5.75 Å². The van der Waals surface area contributed by atoms with Crippen molar-refractivity contribution in [2.75, 3.05) is 22.6 Å². The minimum Gasteiger partial charge on any atom is -0.494 e. The Hall–Kier alpha value is -3.80. The zero-order chi connectivity index (χ0) is 21.2. The molecular weight excluding hydrogens is 378 g/mol. The van der Waals surface area contributed by atoms with Gasteiger partial charge >= 0.3 is 6.03 Å². The smallest absolute Gasteiger partial charge is 0.323 e. The third kappa shape index (κ3) is 6.98. The van der Waals surface area contributed by atoms with Crippen molar-refractivity contribution < 1.29 is 14.3 Å². The predicted octanol–water partition coefficient (Wildman–Crippen LogP) is 5.44. The van der Waals surface area contributed by atoms with Crippen LogP contribution in [0.4, 0.5) is 21.9 Å². The van der Waals surface area contributed by atoms with Crippen LogP contribution >= 0.6 is 0 Å². The van der Waals surface area contributed by atoms with Crippen LogP contribution in [0, 0.1) is 6.92 Å². The minimum atomic E-state index is -0.327. The van der Waals surface area contributed by atoms with Gasteiger partial charge in [-0.2, -0.15) is 0 Å². The molecule has 154 valence electrons. The summed E-state index contributed by atoms with van der Waals surface area (Å²) >= 11 is 0. The van der Waals surface area contributed by atoms with Crippen LogP contribution in [0.2, 0.25) is 0 Å². The second-order valence-corrected chi connectivity index (χ2v) is 6.84. The molecule has 0 bridgehead atoms. The molecule has 3 amide bonds. The van der Waals surface area contributed by atoms with E-state index in [1.54, 1.807) is 24.3 Å². The summed E-state index contributed by atoms with van der Waals surface area (Å²) in [6.07, 6.45) is 0.990. The summed E-state index contributed by atoms with van der Waals surface area (Å²) in [5.41, 5.74) is 3.16. The van der Waals surface area contributed by atoms with Gasteiger partial charge in [0.25, 0.3) is 0 Å². The van der Waals surface area contributed by atoms with Gasteiger partial charge in [-0.25, -0.2) is 4.79 Å². The molecule has 3 aromatic carbocycles. The number of urea groups is 1. The van der Waals surface area contributed by atoms with Crippen molar-refractivity contribution in [1.82, 2.24) is 0 Å². The predicted molar refractivity (Wildman–Crippen MR) is 120 cm³/mol. The van der Waals surface area contributed by atoms with Crippen LogP contribution in [0.15, 0.2) is 78.9 Å². The first-order valence-electron chi connectivity index (χ1n) is 9.81. The van der Waals surface area contributed by atoms with Crippen molar-refractivity contribution in [2.24, 2.45) is 0 Å². The summed E-state index contributed by atoms with van der Waals surface area (Å²) in [6, 6.07) is 23.7. The lowest BCUT2D eigenvalue weighted by Gasteiger charge is -2.10. The Bertz CT molecular complexity index is 973. The number of ether oxygens (including phenoxy) is 1. The van der Waals surface area contributed by atoms with E-state index in [-0.39, 0.29) is 11.9 Å². The molecule has 0 aliphatic rings. The number of hydrogen-bond acceptors (Lipinski definition) is 3. The fraction of sp³-hybridized carbons (Fsp3) is 0.167. The van der Waals surface area contributed by atoms with Gasteiger partial charge in [-0.1, -0.05) is 30.3 Å². The van der Waals surface area contributed by atoms with Gasteiger partial charge in [0, 0.05) is 23.5 Å². The van der Waals surface area contributed by atoms with Gasteiger partial charge in [-0.3, -0.25) is 4.79 Å². The van der Waals surface area contributed by atoms with Crippen LogP contribution < -0.4 is 20.7 Å². The zero-order valence-corrected chi connectivity index (χ0v) is 16.9. The Morgan fingerprint density at radius 3 is 2.07 bits per heavy atom. The Kier molecular flexibility index (Phi) is 7.44. The molecule has 0 saturated heterocycles. The Labute approximate surface area is 176 Å². The highest BCUT2D eigenvalue weighted by Crippen LogP contribution is 2.16. The molecule has 0 spiro atoms. The second-order valence-electron chi connectivity index (χ2n) is 6.84. The first-order valence-corrected chi connectivity index (χ1v) is 9.81. The molecule has 3 rings (SSSR count). The summed E-state index contributed by atoms with van der Waals surface area (Å²) in [7, 11) is 0. The molecule has 3 N–H and O–H groups in total. The molecule has 0 unspecified atom stereocenters. The molecule has 6 heteroatoms. The van der Waals surface area contributed by atoms with Gasteiger partial charge in [0.15, 0.2) is 0 Å². The summed E-state index contributed by atoms with van der Waals surface area (Å²) in [5, 5.41) is 8.35. The van der Waals surface area contributed by atoms with E-state index in [1.165, 1.54) is 0 Å². The lowest BCUT2D eigenvalue weighted by molar-refractivity contribution is -0.116. The van der Waals surface area contributed by atoms with Gasteiger partial charge in [0.2, 0.25) is 5.91 Å². The van der Waals surface area contributed by atoms with Crippen LogP contribution in [-0.2, 0) is 4.79 Å². The standard InChI is InChI=1S/C24H25N3O3/c1-18-7-5-10-22(17-18)30-16-6-11-23(28)25-20-12-14-21(15-13-20)27-24(29)26-19-8-3-2-4-9-19/h2-5,7-10,12-15,17H,6,11,16H2,1H3,(H,25,28)(H2,26,27,29). The highest BCUT2D eigenvalue weighted by Gasteiger charge is 2.05. The first-order chi connectivity index (χ1) is 14.6. The van der Waals surface area contributed by atoms with Crippen LogP contribution in [0.25, 0.3) is 0 Å². The molecule has 0 aromatic heterocycles. The van der Waals surface area contributed by atoms with E-state index < -0.39 is 0 Å². The fourth-order valence-corrected chi connectivity index (χ4v) is 2.80. The third-order valence-electron chi connectivity index (χ3n) is 4.26. The first kappa shape index (κ1) is 20.9. The average molecular weight is 403 g/mol. The van der Waals surface area contributed by atoms with E-state index in [0.29, 0.717) is 36.5 Å². The highest BCUT2D eigenvalue weighted by atomic mass is 16.5. The van der Waals surface area contributed by atoms with E-state index in [2.05, 4.69) is 16.0 Å². The number of nitrogens with one attached hydrogen (secondary N) is 3. The molecule has 3 aromatic rings. The number of aryl methyl sites for hydroxylation is 1.